The average molecular weight is 377 g/mol. The normalized spacial score (nSPS) is 34.3. The fourth-order valence-corrected chi connectivity index (χ4v) is 6.09. The maximum atomic E-state index is 11.9. The summed E-state index contributed by atoms with van der Waals surface area (Å²) in [6.07, 6.45) is 9.08. The van der Waals surface area contributed by atoms with Crippen LogP contribution in [0.15, 0.2) is 24.3 Å². The summed E-state index contributed by atoms with van der Waals surface area (Å²) in [5.74, 6) is 0.230. The summed E-state index contributed by atoms with van der Waals surface area (Å²) >= 11 is 0. The zero-order chi connectivity index (χ0) is 19.8. The van der Waals surface area contributed by atoms with E-state index in [-0.39, 0.29) is 5.97 Å². The first-order chi connectivity index (χ1) is 13.6. The fourth-order valence-electron chi connectivity index (χ4n) is 6.09. The number of methoxy groups -OCH3 is 1. The van der Waals surface area contributed by atoms with E-state index in [4.69, 9.17) is 4.74 Å². The summed E-state index contributed by atoms with van der Waals surface area (Å²) in [6.45, 7) is 0. The quantitative estimate of drug-likeness (QED) is 0.705. The van der Waals surface area contributed by atoms with Crippen LogP contribution in [0.1, 0.15) is 68.1 Å². The van der Waals surface area contributed by atoms with Crippen LogP contribution in [-0.4, -0.2) is 24.2 Å². The Kier molecular flexibility index (Phi) is 4.79. The lowest BCUT2D eigenvalue weighted by Gasteiger charge is -2.62. The SMILES string of the molecule is COC(=O)c1ccc(N2[C@@]3(C#N)CCCC[C@@H]3C[C@H]3CCCC[C@@]32C#N)cc1. The van der Waals surface area contributed by atoms with Crippen molar-refractivity contribution < 1.29 is 9.53 Å². The summed E-state index contributed by atoms with van der Waals surface area (Å²) in [5.41, 5.74) is 0.110. The predicted octanol–water partition coefficient (Wildman–Crippen LogP) is 4.59. The second kappa shape index (κ2) is 7.13. The number of hydrogen-bond donors (Lipinski definition) is 0. The largest absolute Gasteiger partial charge is 0.465 e. The molecule has 5 nitrogen and oxygen atoms in total. The zero-order valence-corrected chi connectivity index (χ0v) is 16.5. The van der Waals surface area contributed by atoms with Crippen molar-refractivity contribution in [1.29, 1.82) is 10.5 Å². The van der Waals surface area contributed by atoms with Gasteiger partial charge in [-0.15, -0.1) is 0 Å². The van der Waals surface area contributed by atoms with Crippen LogP contribution < -0.4 is 4.90 Å². The molecule has 0 N–H and O–H groups in total. The molecule has 3 aliphatic rings. The van der Waals surface area contributed by atoms with Crippen LogP contribution in [0.3, 0.4) is 0 Å². The first-order valence-electron chi connectivity index (χ1n) is 10.4. The lowest BCUT2D eigenvalue weighted by Crippen LogP contribution is -2.71. The molecule has 146 valence electrons. The van der Waals surface area contributed by atoms with Gasteiger partial charge in [0.15, 0.2) is 0 Å². The van der Waals surface area contributed by atoms with E-state index in [0.29, 0.717) is 17.4 Å². The van der Waals surface area contributed by atoms with Crippen molar-refractivity contribution in [1.82, 2.24) is 0 Å². The Morgan fingerprint density at radius 2 is 1.54 bits per heavy atom. The molecule has 0 bridgehead atoms. The third-order valence-corrected chi connectivity index (χ3v) is 7.37. The van der Waals surface area contributed by atoms with E-state index in [2.05, 4.69) is 17.0 Å². The van der Waals surface area contributed by atoms with Crippen molar-refractivity contribution in [2.45, 2.75) is 68.9 Å². The maximum absolute atomic E-state index is 11.9. The summed E-state index contributed by atoms with van der Waals surface area (Å²) < 4.78 is 4.82. The number of ether oxygens (including phenoxy) is 1. The van der Waals surface area contributed by atoms with E-state index in [1.807, 2.05) is 12.1 Å². The van der Waals surface area contributed by atoms with Crippen LogP contribution in [0.2, 0.25) is 0 Å². The van der Waals surface area contributed by atoms with Crippen LogP contribution in [0.4, 0.5) is 5.69 Å². The fraction of sp³-hybridized carbons (Fsp3) is 0.609. The van der Waals surface area contributed by atoms with E-state index >= 15 is 0 Å². The Bertz CT molecular complexity index is 797. The minimum Gasteiger partial charge on any atom is -0.465 e. The molecule has 1 saturated heterocycles. The van der Waals surface area contributed by atoms with Gasteiger partial charge in [0.25, 0.3) is 0 Å². The van der Waals surface area contributed by atoms with E-state index < -0.39 is 11.1 Å². The van der Waals surface area contributed by atoms with Gasteiger partial charge in [0.2, 0.25) is 0 Å². The highest BCUT2D eigenvalue weighted by Crippen LogP contribution is 2.57. The minimum atomic E-state index is -0.630. The molecule has 1 aliphatic heterocycles. The number of carbonyl (C=O) groups excluding carboxylic acids is 1. The molecule has 0 radical (unpaired) electrons. The van der Waals surface area contributed by atoms with Crippen LogP contribution in [0.5, 0.6) is 0 Å². The summed E-state index contributed by atoms with van der Waals surface area (Å²) in [7, 11) is 1.37. The van der Waals surface area contributed by atoms with Gasteiger partial charge in [-0.2, -0.15) is 10.5 Å². The number of rotatable bonds is 2. The zero-order valence-electron chi connectivity index (χ0n) is 16.5. The van der Waals surface area contributed by atoms with E-state index in [1.54, 1.807) is 12.1 Å². The summed E-state index contributed by atoms with van der Waals surface area (Å²) in [5, 5.41) is 20.8. The molecule has 0 unspecified atom stereocenters. The van der Waals surface area contributed by atoms with Crippen molar-refractivity contribution in [2.75, 3.05) is 12.0 Å². The molecular formula is C23H27N3O2. The topological polar surface area (TPSA) is 77.1 Å². The number of piperidine rings is 1. The Balaban J connectivity index is 1.86. The molecule has 1 aromatic carbocycles. The van der Waals surface area contributed by atoms with E-state index in [9.17, 15) is 15.3 Å². The highest BCUT2D eigenvalue weighted by atomic mass is 16.5. The van der Waals surface area contributed by atoms with Crippen molar-refractivity contribution >= 4 is 11.7 Å². The van der Waals surface area contributed by atoms with Crippen LogP contribution in [0.25, 0.3) is 0 Å². The van der Waals surface area contributed by atoms with Gasteiger partial charge in [0.1, 0.15) is 11.1 Å². The predicted molar refractivity (Wildman–Crippen MR) is 105 cm³/mol. The lowest BCUT2D eigenvalue weighted by molar-refractivity contribution is 0.0599. The highest BCUT2D eigenvalue weighted by molar-refractivity contribution is 5.89. The van der Waals surface area contributed by atoms with Gasteiger partial charge in [-0.3, -0.25) is 0 Å². The van der Waals surface area contributed by atoms with Crippen molar-refractivity contribution in [3.8, 4) is 12.1 Å². The van der Waals surface area contributed by atoms with Gasteiger partial charge in [0.05, 0.1) is 24.8 Å². The molecule has 28 heavy (non-hydrogen) atoms. The minimum absolute atomic E-state index is 0.302. The second-order valence-electron chi connectivity index (χ2n) is 8.57. The van der Waals surface area contributed by atoms with Gasteiger partial charge in [-0.1, -0.05) is 25.7 Å². The molecule has 2 aliphatic carbocycles. The molecule has 1 heterocycles. The van der Waals surface area contributed by atoms with E-state index in [1.165, 1.54) is 7.11 Å². The molecule has 5 heteroatoms. The average Bonchev–Trinajstić information content (AvgIpc) is 2.76. The Morgan fingerprint density at radius 3 is 2.00 bits per heavy atom. The van der Waals surface area contributed by atoms with Crippen molar-refractivity contribution in [3.05, 3.63) is 29.8 Å². The molecule has 0 spiro atoms. The van der Waals surface area contributed by atoms with Gasteiger partial charge >= 0.3 is 5.97 Å². The number of esters is 1. The van der Waals surface area contributed by atoms with Crippen LogP contribution in [-0.2, 0) is 4.74 Å². The summed E-state index contributed by atoms with van der Waals surface area (Å²) in [6, 6.07) is 12.7. The monoisotopic (exact) mass is 377 g/mol. The molecule has 4 rings (SSSR count). The summed E-state index contributed by atoms with van der Waals surface area (Å²) in [4.78, 5) is 14.0. The Labute approximate surface area is 166 Å². The third kappa shape index (κ3) is 2.60. The van der Waals surface area contributed by atoms with Gasteiger partial charge in [-0.25, -0.2) is 4.79 Å². The number of nitrogens with zero attached hydrogens (tertiary/aromatic N) is 3. The maximum Gasteiger partial charge on any atom is 0.337 e. The Morgan fingerprint density at radius 1 is 1.00 bits per heavy atom. The molecule has 3 fully saturated rings. The standard InChI is InChI=1S/C23H27N3O2/c1-28-21(27)17-8-10-20(11-9-17)26-22(15-24)12-4-2-6-18(22)14-19-7-3-5-13-23(19,26)16-25/h8-11,18-19H,2-7,12-14H2,1H3/t18-,19-,22-,23-/m1/s1. The number of nitriles is 2. The molecular weight excluding hydrogens is 350 g/mol. The number of hydrogen-bond acceptors (Lipinski definition) is 5. The van der Waals surface area contributed by atoms with Crippen LogP contribution >= 0.6 is 0 Å². The number of benzene rings is 1. The van der Waals surface area contributed by atoms with Gasteiger partial charge < -0.3 is 9.64 Å². The first-order valence-corrected chi connectivity index (χ1v) is 10.4. The van der Waals surface area contributed by atoms with E-state index in [0.717, 1.165) is 63.5 Å². The Hall–Kier alpha value is -2.53. The molecule has 1 aromatic rings. The molecule has 0 aromatic heterocycles. The molecule has 0 amide bonds. The van der Waals surface area contributed by atoms with Gasteiger partial charge in [-0.05, 0) is 68.2 Å². The highest BCUT2D eigenvalue weighted by Gasteiger charge is 2.61. The lowest BCUT2D eigenvalue weighted by atomic mass is 9.57. The first kappa shape index (κ1) is 18.8. The second-order valence-corrected chi connectivity index (χ2v) is 8.57. The number of carbonyl (C=O) groups is 1. The smallest absolute Gasteiger partial charge is 0.337 e. The number of fused-ring (bicyclic) bond motifs is 2. The van der Waals surface area contributed by atoms with Crippen molar-refractivity contribution in [2.24, 2.45) is 11.8 Å². The third-order valence-electron chi connectivity index (χ3n) is 7.37. The van der Waals surface area contributed by atoms with Crippen molar-refractivity contribution in [3.63, 3.8) is 0 Å². The van der Waals surface area contributed by atoms with Crippen LogP contribution in [0, 0.1) is 34.5 Å². The van der Waals surface area contributed by atoms with Gasteiger partial charge in [0, 0.05) is 5.69 Å². The molecule has 4 atom stereocenters. The molecule has 2 saturated carbocycles. The number of anilines is 1.